The number of amides is 1. The van der Waals surface area contributed by atoms with E-state index in [1.165, 1.54) is 12.1 Å². The van der Waals surface area contributed by atoms with Gasteiger partial charge in [-0.15, -0.1) is 12.4 Å². The number of hydrogen-bond acceptors (Lipinski definition) is 3. The zero-order valence-electron chi connectivity index (χ0n) is 16.3. The second-order valence-corrected chi connectivity index (χ2v) is 6.93. The molecule has 0 aliphatic heterocycles. The third-order valence-corrected chi connectivity index (χ3v) is 4.74. The van der Waals surface area contributed by atoms with Crippen LogP contribution in [0.4, 0.5) is 4.39 Å². The summed E-state index contributed by atoms with van der Waals surface area (Å²) in [6, 6.07) is 17.6. The monoisotopic (exact) mass is 416 g/mol. The van der Waals surface area contributed by atoms with Crippen molar-refractivity contribution >= 4 is 18.3 Å². The lowest BCUT2D eigenvalue weighted by atomic mass is 10.0. The second kappa shape index (κ2) is 10.7. The molecule has 5 nitrogen and oxygen atoms in total. The molecular weight excluding hydrogens is 391 g/mol. The minimum Gasteiger partial charge on any atom is -0.346 e. The molecule has 1 aromatic heterocycles. The Hall–Kier alpha value is -2.70. The van der Waals surface area contributed by atoms with Gasteiger partial charge in [0.25, 0.3) is 0 Å². The molecule has 1 heterocycles. The molecule has 0 saturated heterocycles. The van der Waals surface area contributed by atoms with E-state index in [1.54, 1.807) is 18.0 Å². The van der Waals surface area contributed by atoms with E-state index in [4.69, 9.17) is 5.73 Å². The molecule has 0 aliphatic rings. The Balaban J connectivity index is 0.00000300. The summed E-state index contributed by atoms with van der Waals surface area (Å²) in [6.45, 7) is 0.634. The van der Waals surface area contributed by atoms with Crippen LogP contribution in [0.1, 0.15) is 30.1 Å². The molecule has 0 radical (unpaired) electrons. The van der Waals surface area contributed by atoms with Crippen molar-refractivity contribution in [1.82, 2.24) is 15.1 Å². The summed E-state index contributed by atoms with van der Waals surface area (Å²) in [6.07, 6.45) is 1.84. The fourth-order valence-electron chi connectivity index (χ4n) is 3.08. The summed E-state index contributed by atoms with van der Waals surface area (Å²) >= 11 is 0. The number of H-pyrrole nitrogens is 1. The van der Waals surface area contributed by atoms with E-state index >= 15 is 0 Å². The summed E-state index contributed by atoms with van der Waals surface area (Å²) in [5, 5.41) is 7.23. The fraction of sp³-hybridized carbons (Fsp3) is 0.273. The van der Waals surface area contributed by atoms with Crippen LogP contribution in [-0.2, 0) is 11.2 Å². The van der Waals surface area contributed by atoms with E-state index in [-0.39, 0.29) is 36.6 Å². The van der Waals surface area contributed by atoms with Crippen molar-refractivity contribution in [3.8, 4) is 11.3 Å². The molecule has 0 saturated carbocycles. The number of hydrogen-bond donors (Lipinski definition) is 2. The lowest BCUT2D eigenvalue weighted by Crippen LogP contribution is -2.31. The minimum absolute atomic E-state index is 0. The molecule has 29 heavy (non-hydrogen) atoms. The standard InChI is InChI=1S/C22H25FN4O.ClH/c1-27(22(28)15-20(24)16-7-3-2-4-8-16)12-6-11-19-14-21(26-25-19)17-9-5-10-18(23)13-17;/h2-5,7-10,13-14,20H,6,11-12,15,24H2,1H3,(H,25,26);1H. The first-order chi connectivity index (χ1) is 13.5. The third kappa shape index (κ3) is 6.41. The number of carbonyl (C=O) groups is 1. The first-order valence-corrected chi connectivity index (χ1v) is 9.37. The van der Waals surface area contributed by atoms with Gasteiger partial charge in [0, 0.05) is 37.3 Å². The number of aryl methyl sites for hydroxylation is 1. The van der Waals surface area contributed by atoms with Gasteiger partial charge in [0.1, 0.15) is 5.82 Å². The van der Waals surface area contributed by atoms with Gasteiger partial charge in [0.05, 0.1) is 5.69 Å². The van der Waals surface area contributed by atoms with Gasteiger partial charge in [-0.25, -0.2) is 4.39 Å². The van der Waals surface area contributed by atoms with Gasteiger partial charge in [-0.1, -0.05) is 42.5 Å². The molecule has 3 N–H and O–H groups in total. The van der Waals surface area contributed by atoms with E-state index < -0.39 is 0 Å². The minimum atomic E-state index is -0.294. The van der Waals surface area contributed by atoms with Gasteiger partial charge in [0.2, 0.25) is 5.91 Å². The second-order valence-electron chi connectivity index (χ2n) is 6.93. The van der Waals surface area contributed by atoms with Crippen LogP contribution >= 0.6 is 12.4 Å². The maximum Gasteiger partial charge on any atom is 0.224 e. The van der Waals surface area contributed by atoms with Gasteiger partial charge in [-0.05, 0) is 36.6 Å². The zero-order valence-corrected chi connectivity index (χ0v) is 17.2. The van der Waals surface area contributed by atoms with E-state index in [9.17, 15) is 9.18 Å². The van der Waals surface area contributed by atoms with Crippen molar-refractivity contribution in [2.24, 2.45) is 5.73 Å². The van der Waals surface area contributed by atoms with Crippen LogP contribution in [0.3, 0.4) is 0 Å². The van der Waals surface area contributed by atoms with Crippen LogP contribution in [0.15, 0.2) is 60.7 Å². The molecule has 2 aromatic carbocycles. The first kappa shape index (κ1) is 22.6. The Morgan fingerprint density at radius 3 is 2.66 bits per heavy atom. The lowest BCUT2D eigenvalue weighted by Gasteiger charge is -2.19. The van der Waals surface area contributed by atoms with Crippen LogP contribution in [-0.4, -0.2) is 34.6 Å². The normalized spacial score (nSPS) is 11.6. The number of halogens is 2. The molecule has 7 heteroatoms. The van der Waals surface area contributed by atoms with Gasteiger partial charge < -0.3 is 10.6 Å². The van der Waals surface area contributed by atoms with Crippen molar-refractivity contribution in [1.29, 1.82) is 0 Å². The van der Waals surface area contributed by atoms with Crippen LogP contribution in [0.25, 0.3) is 11.3 Å². The van der Waals surface area contributed by atoms with E-state index in [0.29, 0.717) is 12.2 Å². The number of nitrogens with zero attached hydrogens (tertiary/aromatic N) is 2. The Morgan fingerprint density at radius 2 is 1.93 bits per heavy atom. The zero-order chi connectivity index (χ0) is 19.9. The summed E-state index contributed by atoms with van der Waals surface area (Å²) in [4.78, 5) is 14.1. The highest BCUT2D eigenvalue weighted by molar-refractivity contribution is 5.85. The maximum absolute atomic E-state index is 13.3. The fourth-order valence-corrected chi connectivity index (χ4v) is 3.08. The number of nitrogens with two attached hydrogens (primary N) is 1. The van der Waals surface area contributed by atoms with Gasteiger partial charge in [-0.3, -0.25) is 9.89 Å². The van der Waals surface area contributed by atoms with Crippen molar-refractivity contribution in [3.05, 3.63) is 77.7 Å². The molecule has 154 valence electrons. The van der Waals surface area contributed by atoms with Crippen LogP contribution < -0.4 is 5.73 Å². The third-order valence-electron chi connectivity index (χ3n) is 4.74. The highest BCUT2D eigenvalue weighted by atomic mass is 35.5. The number of aromatic nitrogens is 2. The molecule has 1 unspecified atom stereocenters. The summed E-state index contributed by atoms with van der Waals surface area (Å²) in [5.41, 5.74) is 9.51. The van der Waals surface area contributed by atoms with E-state index in [0.717, 1.165) is 29.7 Å². The number of carbonyl (C=O) groups excluding carboxylic acids is 1. The molecular formula is C22H26ClFN4O. The van der Waals surface area contributed by atoms with Gasteiger partial charge in [0.15, 0.2) is 0 Å². The van der Waals surface area contributed by atoms with Crippen LogP contribution in [0, 0.1) is 5.82 Å². The molecule has 3 aromatic rings. The Bertz CT molecular complexity index is 916. The van der Waals surface area contributed by atoms with E-state index in [1.807, 2.05) is 42.5 Å². The SMILES string of the molecule is CN(CCCc1cc(-c2cccc(F)c2)n[nH]1)C(=O)CC(N)c1ccccc1.Cl. The van der Waals surface area contributed by atoms with Crippen molar-refractivity contribution in [2.45, 2.75) is 25.3 Å². The van der Waals surface area contributed by atoms with Crippen LogP contribution in [0.5, 0.6) is 0 Å². The van der Waals surface area contributed by atoms with Gasteiger partial charge >= 0.3 is 0 Å². The smallest absolute Gasteiger partial charge is 0.224 e. The topological polar surface area (TPSA) is 75.0 Å². The summed E-state index contributed by atoms with van der Waals surface area (Å²) < 4.78 is 13.3. The predicted octanol–water partition coefficient (Wildman–Crippen LogP) is 4.12. The average Bonchev–Trinajstić information content (AvgIpc) is 3.17. The number of rotatable bonds is 8. The number of benzene rings is 2. The molecule has 0 spiro atoms. The molecule has 0 aliphatic carbocycles. The predicted molar refractivity (Wildman–Crippen MR) is 115 cm³/mol. The number of nitrogens with one attached hydrogen (secondary N) is 1. The largest absolute Gasteiger partial charge is 0.346 e. The highest BCUT2D eigenvalue weighted by Gasteiger charge is 2.15. The first-order valence-electron chi connectivity index (χ1n) is 9.37. The van der Waals surface area contributed by atoms with Crippen molar-refractivity contribution in [2.75, 3.05) is 13.6 Å². The quantitative estimate of drug-likeness (QED) is 0.580. The maximum atomic E-state index is 13.3. The molecule has 1 atom stereocenters. The number of aromatic amines is 1. The van der Waals surface area contributed by atoms with Gasteiger partial charge in [-0.2, -0.15) is 5.10 Å². The Morgan fingerprint density at radius 1 is 1.17 bits per heavy atom. The van der Waals surface area contributed by atoms with Crippen molar-refractivity contribution < 1.29 is 9.18 Å². The highest BCUT2D eigenvalue weighted by Crippen LogP contribution is 2.19. The summed E-state index contributed by atoms with van der Waals surface area (Å²) in [5.74, 6) is -0.252. The lowest BCUT2D eigenvalue weighted by molar-refractivity contribution is -0.130. The molecule has 0 bridgehead atoms. The Labute approximate surface area is 176 Å². The molecule has 1 amide bonds. The Kier molecular flexibility index (Phi) is 8.36. The average molecular weight is 417 g/mol. The molecule has 3 rings (SSSR count). The van der Waals surface area contributed by atoms with Crippen LogP contribution in [0.2, 0.25) is 0 Å². The van der Waals surface area contributed by atoms with E-state index in [2.05, 4.69) is 10.2 Å². The summed E-state index contributed by atoms with van der Waals surface area (Å²) in [7, 11) is 1.80. The van der Waals surface area contributed by atoms with Crippen molar-refractivity contribution in [3.63, 3.8) is 0 Å². The molecule has 0 fully saturated rings.